The predicted molar refractivity (Wildman–Crippen MR) is 87.8 cm³/mol. The Balaban J connectivity index is 1.87. The number of ether oxygens (including phenoxy) is 1. The molecule has 0 fully saturated rings. The molecule has 2 aromatic carbocycles. The summed E-state index contributed by atoms with van der Waals surface area (Å²) in [5.41, 5.74) is 0.536. The Morgan fingerprint density at radius 1 is 1.08 bits per heavy atom. The van der Waals surface area contributed by atoms with Crippen molar-refractivity contribution in [3.05, 3.63) is 54.1 Å². The van der Waals surface area contributed by atoms with Crippen LogP contribution < -0.4 is 14.8 Å². The van der Waals surface area contributed by atoms with Crippen LogP contribution in [0.25, 0.3) is 0 Å². The van der Waals surface area contributed by atoms with Gasteiger partial charge >= 0.3 is 0 Å². The molecular formula is C16H16F2N2O4S. The number of methoxy groups -OCH3 is 1. The molecule has 2 rings (SSSR count). The number of halogens is 2. The molecule has 0 aliphatic carbocycles. The van der Waals surface area contributed by atoms with E-state index >= 15 is 0 Å². The summed E-state index contributed by atoms with van der Waals surface area (Å²) in [5, 5.41) is 2.60. The van der Waals surface area contributed by atoms with E-state index in [0.717, 1.165) is 12.1 Å². The first-order chi connectivity index (χ1) is 11.8. The molecule has 0 saturated heterocycles. The normalized spacial score (nSPS) is 11.2. The second-order valence-corrected chi connectivity index (χ2v) is 6.77. The van der Waals surface area contributed by atoms with Crippen molar-refractivity contribution in [3.63, 3.8) is 0 Å². The van der Waals surface area contributed by atoms with E-state index < -0.39 is 32.5 Å². The number of anilines is 1. The second kappa shape index (κ2) is 8.04. The molecule has 0 atom stereocenters. The van der Waals surface area contributed by atoms with Gasteiger partial charge in [0.1, 0.15) is 5.75 Å². The van der Waals surface area contributed by atoms with Gasteiger partial charge in [-0.05, 0) is 42.5 Å². The van der Waals surface area contributed by atoms with Crippen LogP contribution in [0.2, 0.25) is 0 Å². The van der Waals surface area contributed by atoms with Crippen molar-refractivity contribution >= 4 is 21.6 Å². The van der Waals surface area contributed by atoms with Crippen molar-refractivity contribution in [2.75, 3.05) is 19.0 Å². The smallest absolute Gasteiger partial charge is 0.240 e. The van der Waals surface area contributed by atoms with Crippen LogP contribution in [0.5, 0.6) is 5.75 Å². The van der Waals surface area contributed by atoms with Crippen LogP contribution in [-0.2, 0) is 14.8 Å². The Morgan fingerprint density at radius 3 is 2.36 bits per heavy atom. The molecule has 0 spiro atoms. The third kappa shape index (κ3) is 5.23. The van der Waals surface area contributed by atoms with Gasteiger partial charge < -0.3 is 10.1 Å². The van der Waals surface area contributed by atoms with Gasteiger partial charge in [0.2, 0.25) is 15.9 Å². The van der Waals surface area contributed by atoms with Crippen molar-refractivity contribution < 1.29 is 26.7 Å². The van der Waals surface area contributed by atoms with Crippen LogP contribution in [0, 0.1) is 11.6 Å². The van der Waals surface area contributed by atoms with E-state index in [-0.39, 0.29) is 13.0 Å². The average molecular weight is 370 g/mol. The highest BCUT2D eigenvalue weighted by Crippen LogP contribution is 2.15. The van der Waals surface area contributed by atoms with Crippen LogP contribution in [0.4, 0.5) is 14.5 Å². The Labute approximate surface area is 143 Å². The highest BCUT2D eigenvalue weighted by molar-refractivity contribution is 7.89. The summed E-state index contributed by atoms with van der Waals surface area (Å²) in [6.45, 7) is -0.191. The van der Waals surface area contributed by atoms with E-state index in [1.54, 1.807) is 24.3 Å². The Kier molecular flexibility index (Phi) is 6.05. The Hall–Kier alpha value is -2.52. The maximum absolute atomic E-state index is 13.1. The molecule has 134 valence electrons. The molecule has 9 heteroatoms. The monoisotopic (exact) mass is 370 g/mol. The molecule has 0 bridgehead atoms. The summed E-state index contributed by atoms with van der Waals surface area (Å²) >= 11 is 0. The molecule has 2 aromatic rings. The zero-order valence-corrected chi connectivity index (χ0v) is 14.1. The molecular weight excluding hydrogens is 354 g/mol. The van der Waals surface area contributed by atoms with E-state index in [0.29, 0.717) is 17.5 Å². The van der Waals surface area contributed by atoms with Crippen LogP contribution in [0.15, 0.2) is 47.4 Å². The fourth-order valence-electron chi connectivity index (χ4n) is 1.92. The number of carbonyl (C=O) groups excluding carboxylic acids is 1. The number of hydrogen-bond donors (Lipinski definition) is 2. The van der Waals surface area contributed by atoms with Gasteiger partial charge in [0.15, 0.2) is 11.6 Å². The summed E-state index contributed by atoms with van der Waals surface area (Å²) in [7, 11) is -2.51. The number of nitrogens with one attached hydrogen (secondary N) is 2. The molecule has 0 heterocycles. The lowest BCUT2D eigenvalue weighted by molar-refractivity contribution is -0.116. The molecule has 0 aliphatic rings. The third-order valence-corrected chi connectivity index (χ3v) is 4.68. The predicted octanol–water partition coefficient (Wildman–Crippen LogP) is 2.28. The number of hydrogen-bond acceptors (Lipinski definition) is 4. The van der Waals surface area contributed by atoms with Crippen molar-refractivity contribution in [1.29, 1.82) is 0 Å². The fourth-order valence-corrected chi connectivity index (χ4v) is 2.97. The van der Waals surface area contributed by atoms with Crippen LogP contribution in [-0.4, -0.2) is 28.0 Å². The summed E-state index contributed by atoms with van der Waals surface area (Å²) in [6.07, 6.45) is -0.130. The minimum Gasteiger partial charge on any atom is -0.497 e. The lowest BCUT2D eigenvalue weighted by atomic mass is 10.3. The average Bonchev–Trinajstić information content (AvgIpc) is 2.57. The highest BCUT2D eigenvalue weighted by Gasteiger charge is 2.16. The summed E-state index contributed by atoms with van der Waals surface area (Å²) in [5.74, 6) is -2.17. The van der Waals surface area contributed by atoms with Gasteiger partial charge in [0, 0.05) is 18.7 Å². The molecule has 0 aromatic heterocycles. The molecule has 1 amide bonds. The SMILES string of the molecule is COc1ccc(NC(=O)CCNS(=O)(=O)c2ccc(F)c(F)c2)cc1. The van der Waals surface area contributed by atoms with Gasteiger partial charge in [-0.15, -0.1) is 0 Å². The molecule has 0 saturated carbocycles. The Bertz CT molecular complexity index is 855. The first kappa shape index (κ1) is 18.8. The number of carbonyl (C=O) groups is 1. The number of amides is 1. The van der Waals surface area contributed by atoms with Gasteiger partial charge in [0.25, 0.3) is 0 Å². The topological polar surface area (TPSA) is 84.5 Å². The van der Waals surface area contributed by atoms with Gasteiger partial charge in [-0.25, -0.2) is 21.9 Å². The van der Waals surface area contributed by atoms with Crippen molar-refractivity contribution in [2.24, 2.45) is 0 Å². The summed E-state index contributed by atoms with van der Waals surface area (Å²) in [4.78, 5) is 11.4. The number of benzene rings is 2. The van der Waals surface area contributed by atoms with Crippen molar-refractivity contribution in [3.8, 4) is 5.75 Å². The van der Waals surface area contributed by atoms with Crippen LogP contribution in [0.1, 0.15) is 6.42 Å². The first-order valence-electron chi connectivity index (χ1n) is 7.20. The zero-order valence-electron chi connectivity index (χ0n) is 13.3. The number of sulfonamides is 1. The molecule has 2 N–H and O–H groups in total. The van der Waals surface area contributed by atoms with Gasteiger partial charge in [-0.1, -0.05) is 0 Å². The van der Waals surface area contributed by atoms with Crippen LogP contribution >= 0.6 is 0 Å². The summed E-state index contributed by atoms with van der Waals surface area (Å²) < 4.78 is 57.0. The van der Waals surface area contributed by atoms with Gasteiger partial charge in [-0.3, -0.25) is 4.79 Å². The standard InChI is InChI=1S/C16H16F2N2O4S/c1-24-12-4-2-11(3-5-12)20-16(21)8-9-19-25(22,23)13-6-7-14(17)15(18)10-13/h2-7,10,19H,8-9H2,1H3,(H,20,21). The van der Waals surface area contributed by atoms with E-state index in [4.69, 9.17) is 4.74 Å². The quantitative estimate of drug-likeness (QED) is 0.783. The van der Waals surface area contributed by atoms with Gasteiger partial charge in [0.05, 0.1) is 12.0 Å². The minimum absolute atomic E-state index is 0.130. The lowest BCUT2D eigenvalue weighted by Crippen LogP contribution is -2.28. The zero-order chi connectivity index (χ0) is 18.4. The van der Waals surface area contributed by atoms with E-state index in [2.05, 4.69) is 10.0 Å². The lowest BCUT2D eigenvalue weighted by Gasteiger charge is -2.08. The highest BCUT2D eigenvalue weighted by atomic mass is 32.2. The van der Waals surface area contributed by atoms with E-state index in [1.165, 1.54) is 7.11 Å². The molecule has 0 radical (unpaired) electrons. The van der Waals surface area contributed by atoms with E-state index in [9.17, 15) is 22.0 Å². The maximum Gasteiger partial charge on any atom is 0.240 e. The van der Waals surface area contributed by atoms with Crippen molar-refractivity contribution in [2.45, 2.75) is 11.3 Å². The van der Waals surface area contributed by atoms with Crippen molar-refractivity contribution in [1.82, 2.24) is 4.72 Å². The van der Waals surface area contributed by atoms with Gasteiger partial charge in [-0.2, -0.15) is 0 Å². The second-order valence-electron chi connectivity index (χ2n) is 5.00. The molecule has 6 nitrogen and oxygen atoms in total. The minimum atomic E-state index is -4.03. The Morgan fingerprint density at radius 2 is 1.76 bits per heavy atom. The third-order valence-electron chi connectivity index (χ3n) is 3.22. The molecule has 25 heavy (non-hydrogen) atoms. The molecule has 0 aliphatic heterocycles. The van der Waals surface area contributed by atoms with Crippen LogP contribution in [0.3, 0.4) is 0 Å². The maximum atomic E-state index is 13.1. The fraction of sp³-hybridized carbons (Fsp3) is 0.188. The summed E-state index contributed by atoms with van der Waals surface area (Å²) in [6, 6.07) is 8.86. The largest absolute Gasteiger partial charge is 0.497 e. The van der Waals surface area contributed by atoms with E-state index in [1.807, 2.05) is 0 Å². The first-order valence-corrected chi connectivity index (χ1v) is 8.69. The number of rotatable bonds is 7. The molecule has 0 unspecified atom stereocenters.